The lowest BCUT2D eigenvalue weighted by Crippen LogP contribution is -2.61. The number of carbonyl (C=O) groups excluding carboxylic acids is 2. The topological polar surface area (TPSA) is 80.3 Å². The van der Waals surface area contributed by atoms with Crippen LogP contribution in [0, 0.1) is 0 Å². The van der Waals surface area contributed by atoms with E-state index in [1.807, 2.05) is 53.2 Å². The number of hydrogen-bond acceptors (Lipinski definition) is 6. The molecule has 0 radical (unpaired) electrons. The highest BCUT2D eigenvalue weighted by Gasteiger charge is 2.39. The van der Waals surface area contributed by atoms with Gasteiger partial charge < -0.3 is 29.3 Å². The van der Waals surface area contributed by atoms with Crippen LogP contribution < -0.4 is 19.5 Å². The smallest absolute Gasteiger partial charge is 0.251 e. The number of piperazine rings is 1. The van der Waals surface area contributed by atoms with Gasteiger partial charge in [0, 0.05) is 69.8 Å². The fourth-order valence-corrected chi connectivity index (χ4v) is 5.90. The van der Waals surface area contributed by atoms with Crippen molar-refractivity contribution in [1.82, 2.24) is 15.1 Å². The monoisotopic (exact) mass is 583 g/mol. The number of rotatable bonds is 11. The molecular weight excluding hydrogens is 542 g/mol. The van der Waals surface area contributed by atoms with Crippen LogP contribution in [0.25, 0.3) is 5.57 Å². The minimum atomic E-state index is -0.203. The number of carbonyl (C=O) groups is 2. The number of benzene rings is 3. The molecule has 0 spiro atoms. The normalized spacial score (nSPS) is 17.8. The number of nitrogens with zero attached hydrogens (tertiary/aromatic N) is 2. The average molecular weight is 584 g/mol. The van der Waals surface area contributed by atoms with Gasteiger partial charge in [0.15, 0.2) is 0 Å². The Morgan fingerprint density at radius 3 is 2.19 bits per heavy atom. The van der Waals surface area contributed by atoms with E-state index in [2.05, 4.69) is 41.7 Å². The molecule has 0 aromatic heterocycles. The first-order valence-corrected chi connectivity index (χ1v) is 14.8. The molecule has 5 rings (SSSR count). The Morgan fingerprint density at radius 1 is 0.884 bits per heavy atom. The summed E-state index contributed by atoms with van der Waals surface area (Å²) in [6.07, 6.45) is 2.20. The first kappa shape index (κ1) is 30.2. The minimum Gasteiger partial charge on any atom is -0.496 e. The van der Waals surface area contributed by atoms with Gasteiger partial charge in [0.05, 0.1) is 26.9 Å². The maximum atomic E-state index is 14.0. The van der Waals surface area contributed by atoms with Crippen molar-refractivity contribution in [3.8, 4) is 17.2 Å². The lowest BCUT2D eigenvalue weighted by atomic mass is 9.82. The summed E-state index contributed by atoms with van der Waals surface area (Å²) in [5, 5.41) is 3.63. The molecule has 3 aromatic rings. The standard InChI is InChI=1S/C35H41N3O5/c1-24(39)38-22-28-18-32(34(33(23-38)36-28)35(40)37(2)16-14-25-8-6-5-7-9-25)27-12-10-26(11-13-27)15-17-43-31-20-29(41-3)19-30(21-31)42-4/h5-13,19-21,28,33,36H,14-18,22-23H2,1-4H3/t28?,33-/m1/s1. The quantitative estimate of drug-likeness (QED) is 0.361. The summed E-state index contributed by atoms with van der Waals surface area (Å²) in [6.45, 7) is 3.86. The largest absolute Gasteiger partial charge is 0.496 e. The van der Waals surface area contributed by atoms with Crippen LogP contribution in [0.2, 0.25) is 0 Å². The van der Waals surface area contributed by atoms with Crippen LogP contribution >= 0.6 is 0 Å². The second-order valence-corrected chi connectivity index (χ2v) is 11.2. The van der Waals surface area contributed by atoms with E-state index in [9.17, 15) is 9.59 Å². The molecule has 2 bridgehead atoms. The van der Waals surface area contributed by atoms with Crippen LogP contribution in [-0.4, -0.2) is 81.2 Å². The van der Waals surface area contributed by atoms with Crippen molar-refractivity contribution in [3.63, 3.8) is 0 Å². The van der Waals surface area contributed by atoms with E-state index in [1.165, 1.54) is 5.56 Å². The molecule has 2 atom stereocenters. The highest BCUT2D eigenvalue weighted by atomic mass is 16.5. The first-order chi connectivity index (χ1) is 20.8. The molecule has 2 aliphatic rings. The van der Waals surface area contributed by atoms with Gasteiger partial charge in [0.1, 0.15) is 17.2 Å². The van der Waals surface area contributed by atoms with E-state index in [4.69, 9.17) is 14.2 Å². The number of nitrogens with one attached hydrogen (secondary N) is 1. The third kappa shape index (κ3) is 7.38. The van der Waals surface area contributed by atoms with E-state index in [0.717, 1.165) is 35.1 Å². The molecule has 226 valence electrons. The highest BCUT2D eigenvalue weighted by Crippen LogP contribution is 2.34. The zero-order valence-corrected chi connectivity index (χ0v) is 25.5. The maximum Gasteiger partial charge on any atom is 0.251 e. The predicted octanol–water partition coefficient (Wildman–Crippen LogP) is 4.37. The predicted molar refractivity (Wildman–Crippen MR) is 167 cm³/mol. The van der Waals surface area contributed by atoms with Crippen LogP contribution in [-0.2, 0) is 22.4 Å². The number of hydrogen-bond donors (Lipinski definition) is 1. The summed E-state index contributed by atoms with van der Waals surface area (Å²) in [6, 6.07) is 24.1. The van der Waals surface area contributed by atoms with Gasteiger partial charge in [0.2, 0.25) is 5.91 Å². The SMILES string of the molecule is COc1cc(OC)cc(OCCc2ccc(C3=C(C(=O)N(C)CCc4ccccc4)[C@H]4CN(C(C)=O)CC(C3)N4)cc2)c1. The Bertz CT molecular complexity index is 1430. The molecule has 2 amide bonds. The van der Waals surface area contributed by atoms with Crippen LogP contribution in [0.3, 0.4) is 0 Å². The van der Waals surface area contributed by atoms with Crippen LogP contribution in [0.4, 0.5) is 0 Å². The van der Waals surface area contributed by atoms with Gasteiger partial charge in [-0.1, -0.05) is 54.6 Å². The Labute approximate surface area is 254 Å². The van der Waals surface area contributed by atoms with Gasteiger partial charge in [-0.25, -0.2) is 0 Å². The molecule has 1 saturated heterocycles. The highest BCUT2D eigenvalue weighted by molar-refractivity contribution is 6.03. The summed E-state index contributed by atoms with van der Waals surface area (Å²) in [4.78, 5) is 30.0. The Morgan fingerprint density at radius 2 is 1.53 bits per heavy atom. The van der Waals surface area contributed by atoms with E-state index < -0.39 is 0 Å². The lowest BCUT2D eigenvalue weighted by Gasteiger charge is -2.44. The summed E-state index contributed by atoms with van der Waals surface area (Å²) in [5.74, 6) is 2.11. The van der Waals surface area contributed by atoms with Crippen molar-refractivity contribution in [2.75, 3.05) is 47.5 Å². The number of likely N-dealkylation sites (N-methyl/N-ethyl adjacent to an activating group) is 1. The molecule has 1 N–H and O–H groups in total. The zero-order chi connectivity index (χ0) is 30.3. The molecule has 1 fully saturated rings. The van der Waals surface area contributed by atoms with Crippen LogP contribution in [0.1, 0.15) is 30.0 Å². The minimum absolute atomic E-state index is 0.0125. The fraction of sp³-hybridized carbons (Fsp3) is 0.371. The molecule has 2 aliphatic heterocycles. The summed E-state index contributed by atoms with van der Waals surface area (Å²) in [7, 11) is 5.10. The Hall–Kier alpha value is -4.30. The zero-order valence-electron chi connectivity index (χ0n) is 25.5. The van der Waals surface area contributed by atoms with Gasteiger partial charge in [-0.15, -0.1) is 0 Å². The molecule has 8 nitrogen and oxygen atoms in total. The maximum absolute atomic E-state index is 14.0. The second-order valence-electron chi connectivity index (χ2n) is 11.2. The van der Waals surface area contributed by atoms with Crippen molar-refractivity contribution in [2.45, 2.75) is 38.3 Å². The number of fused-ring (bicyclic) bond motifs is 2. The fourth-order valence-electron chi connectivity index (χ4n) is 5.90. The van der Waals surface area contributed by atoms with Crippen LogP contribution in [0.5, 0.6) is 17.2 Å². The van der Waals surface area contributed by atoms with Gasteiger partial charge in [0.25, 0.3) is 5.91 Å². The van der Waals surface area contributed by atoms with Crippen molar-refractivity contribution in [2.24, 2.45) is 0 Å². The third-order valence-electron chi connectivity index (χ3n) is 8.29. The summed E-state index contributed by atoms with van der Waals surface area (Å²) >= 11 is 0. The van der Waals surface area contributed by atoms with E-state index in [0.29, 0.717) is 49.9 Å². The Kier molecular flexibility index (Phi) is 9.67. The Balaban J connectivity index is 1.33. The third-order valence-corrected chi connectivity index (χ3v) is 8.29. The van der Waals surface area contributed by atoms with Gasteiger partial charge in [-0.05, 0) is 35.1 Å². The first-order valence-electron chi connectivity index (χ1n) is 14.8. The van der Waals surface area contributed by atoms with Gasteiger partial charge in [-0.3, -0.25) is 9.59 Å². The number of amides is 2. The summed E-state index contributed by atoms with van der Waals surface area (Å²) < 4.78 is 16.7. The molecule has 0 saturated carbocycles. The average Bonchev–Trinajstić information content (AvgIpc) is 3.03. The number of methoxy groups -OCH3 is 2. The van der Waals surface area contributed by atoms with Crippen molar-refractivity contribution in [1.29, 1.82) is 0 Å². The van der Waals surface area contributed by atoms with Crippen LogP contribution in [0.15, 0.2) is 78.4 Å². The van der Waals surface area contributed by atoms with Gasteiger partial charge in [-0.2, -0.15) is 0 Å². The molecule has 0 aliphatic carbocycles. The van der Waals surface area contributed by atoms with E-state index in [-0.39, 0.29) is 23.9 Å². The molecule has 43 heavy (non-hydrogen) atoms. The van der Waals surface area contributed by atoms with Gasteiger partial charge >= 0.3 is 0 Å². The van der Waals surface area contributed by atoms with Crippen molar-refractivity contribution < 1.29 is 23.8 Å². The molecule has 1 unspecified atom stereocenters. The van der Waals surface area contributed by atoms with Crippen molar-refractivity contribution in [3.05, 3.63) is 95.1 Å². The summed E-state index contributed by atoms with van der Waals surface area (Å²) in [5.41, 5.74) is 5.23. The molecule has 2 heterocycles. The number of ether oxygens (including phenoxy) is 3. The molecule has 8 heteroatoms. The van der Waals surface area contributed by atoms with Crippen molar-refractivity contribution >= 4 is 17.4 Å². The van der Waals surface area contributed by atoms with E-state index in [1.54, 1.807) is 21.1 Å². The molecular formula is C35H41N3O5. The molecule has 3 aromatic carbocycles. The lowest BCUT2D eigenvalue weighted by molar-refractivity contribution is -0.132. The van der Waals surface area contributed by atoms with E-state index >= 15 is 0 Å². The second kappa shape index (κ2) is 13.8.